The Balaban J connectivity index is 1.83. The van der Waals surface area contributed by atoms with E-state index in [0.29, 0.717) is 6.61 Å². The third-order valence-corrected chi connectivity index (χ3v) is 4.29. The molecule has 0 saturated carbocycles. The molecule has 0 aliphatic carbocycles. The zero-order chi connectivity index (χ0) is 18.9. The summed E-state index contributed by atoms with van der Waals surface area (Å²) in [5.74, 6) is -1.18. The first-order chi connectivity index (χ1) is 12.2. The first kappa shape index (κ1) is 18.2. The number of alkyl halides is 3. The summed E-state index contributed by atoms with van der Waals surface area (Å²) in [6.07, 6.45) is -1.94. The molecule has 0 radical (unpaired) electrons. The van der Waals surface area contributed by atoms with E-state index >= 15 is 0 Å². The molecule has 1 atom stereocenters. The molecule has 2 heterocycles. The monoisotopic (exact) mass is 369 g/mol. The Bertz CT molecular complexity index is 811. The molecule has 26 heavy (non-hydrogen) atoms. The van der Waals surface area contributed by atoms with Gasteiger partial charge in [0.2, 0.25) is 0 Å². The van der Waals surface area contributed by atoms with Crippen LogP contribution in [0.5, 0.6) is 5.75 Å². The van der Waals surface area contributed by atoms with Crippen molar-refractivity contribution in [2.24, 2.45) is 0 Å². The Hall–Kier alpha value is -2.55. The minimum Gasteiger partial charge on any atom is -0.504 e. The maximum Gasteiger partial charge on any atom is 0.418 e. The number of rotatable bonds is 4. The van der Waals surface area contributed by atoms with Gasteiger partial charge in [-0.15, -0.1) is 0 Å². The van der Waals surface area contributed by atoms with Crippen molar-refractivity contribution >= 4 is 5.91 Å². The van der Waals surface area contributed by atoms with E-state index in [9.17, 15) is 23.1 Å². The van der Waals surface area contributed by atoms with Gasteiger partial charge in [0, 0.05) is 13.2 Å². The fourth-order valence-electron chi connectivity index (χ4n) is 2.89. The number of hydrogen-bond donors (Lipinski definition) is 2. The normalized spacial score (nSPS) is 20.3. The number of carbonyl (C=O) groups excluding carboxylic acids is 1. The van der Waals surface area contributed by atoms with Crippen LogP contribution in [0.1, 0.15) is 35.8 Å². The molecule has 2 N–H and O–H groups in total. The Labute approximate surface area is 147 Å². The number of amides is 1. The molecule has 1 aliphatic rings. The van der Waals surface area contributed by atoms with Crippen molar-refractivity contribution in [3.8, 4) is 11.4 Å². The van der Waals surface area contributed by atoms with Crippen LogP contribution in [0, 0.1) is 0 Å². The summed E-state index contributed by atoms with van der Waals surface area (Å²) >= 11 is 0. The van der Waals surface area contributed by atoms with Crippen molar-refractivity contribution in [3.05, 3.63) is 41.7 Å². The van der Waals surface area contributed by atoms with Crippen LogP contribution in [-0.4, -0.2) is 39.5 Å². The number of benzene rings is 1. The molecule has 1 aliphatic heterocycles. The molecule has 140 valence electrons. The van der Waals surface area contributed by atoms with Gasteiger partial charge in [-0.05, 0) is 31.9 Å². The number of halogens is 3. The van der Waals surface area contributed by atoms with Crippen LogP contribution in [0.15, 0.2) is 30.5 Å². The maximum absolute atomic E-state index is 13.1. The van der Waals surface area contributed by atoms with Crippen molar-refractivity contribution in [1.82, 2.24) is 15.1 Å². The molecular weight excluding hydrogens is 351 g/mol. The lowest BCUT2D eigenvalue weighted by molar-refractivity contribution is -0.137. The lowest BCUT2D eigenvalue weighted by Crippen LogP contribution is -2.40. The zero-order valence-electron chi connectivity index (χ0n) is 14.0. The second-order valence-corrected chi connectivity index (χ2v) is 6.41. The highest BCUT2D eigenvalue weighted by molar-refractivity contribution is 5.94. The first-order valence-corrected chi connectivity index (χ1v) is 8.07. The van der Waals surface area contributed by atoms with Crippen LogP contribution >= 0.6 is 0 Å². The highest BCUT2D eigenvalue weighted by atomic mass is 19.4. The number of ether oxygens (including phenoxy) is 1. The van der Waals surface area contributed by atoms with Crippen LogP contribution in [0.3, 0.4) is 0 Å². The molecule has 2 aromatic rings. The number of hydrogen-bond acceptors (Lipinski definition) is 4. The fourth-order valence-corrected chi connectivity index (χ4v) is 2.89. The standard InChI is InChI=1S/C17H18F3N3O3/c1-16(7-4-8-26-16)10-21-15(25)14-13(24)9-23(22-14)12-6-3-2-5-11(12)17(18,19)20/h2-3,5-6,9,24H,4,7-8,10H2,1H3,(H,21,25). The molecule has 1 fully saturated rings. The summed E-state index contributed by atoms with van der Waals surface area (Å²) in [5.41, 5.74) is -2.03. The van der Waals surface area contributed by atoms with Gasteiger partial charge in [0.15, 0.2) is 11.4 Å². The average molecular weight is 369 g/mol. The highest BCUT2D eigenvalue weighted by Gasteiger charge is 2.35. The Morgan fingerprint density at radius 3 is 2.81 bits per heavy atom. The molecule has 0 spiro atoms. The molecule has 1 saturated heterocycles. The number of aromatic hydroxyl groups is 1. The number of nitrogens with zero attached hydrogens (tertiary/aromatic N) is 2. The van der Waals surface area contributed by atoms with E-state index in [4.69, 9.17) is 4.74 Å². The fraction of sp³-hybridized carbons (Fsp3) is 0.412. The number of aromatic nitrogens is 2. The molecule has 1 amide bonds. The molecule has 1 unspecified atom stereocenters. The third-order valence-electron chi connectivity index (χ3n) is 4.29. The van der Waals surface area contributed by atoms with Crippen molar-refractivity contribution in [3.63, 3.8) is 0 Å². The van der Waals surface area contributed by atoms with Crippen LogP contribution in [0.25, 0.3) is 5.69 Å². The van der Waals surface area contributed by atoms with Crippen LogP contribution in [0.2, 0.25) is 0 Å². The minimum absolute atomic E-state index is 0.220. The average Bonchev–Trinajstić information content (AvgIpc) is 3.19. The molecule has 1 aromatic carbocycles. The summed E-state index contributed by atoms with van der Waals surface area (Å²) in [7, 11) is 0. The molecule has 9 heteroatoms. The van der Waals surface area contributed by atoms with Gasteiger partial charge in [-0.2, -0.15) is 18.3 Å². The first-order valence-electron chi connectivity index (χ1n) is 8.07. The third kappa shape index (κ3) is 3.67. The summed E-state index contributed by atoms with van der Waals surface area (Å²) in [6, 6.07) is 4.79. The molecule has 6 nitrogen and oxygen atoms in total. The predicted molar refractivity (Wildman–Crippen MR) is 86.2 cm³/mol. The largest absolute Gasteiger partial charge is 0.504 e. The molecule has 3 rings (SSSR count). The highest BCUT2D eigenvalue weighted by Crippen LogP contribution is 2.34. The van der Waals surface area contributed by atoms with Gasteiger partial charge in [-0.1, -0.05) is 12.1 Å². The van der Waals surface area contributed by atoms with E-state index in [2.05, 4.69) is 10.4 Å². The van der Waals surface area contributed by atoms with Crippen LogP contribution < -0.4 is 5.32 Å². The van der Waals surface area contributed by atoms with Gasteiger partial charge in [0.25, 0.3) is 5.91 Å². The number of carbonyl (C=O) groups is 1. The predicted octanol–water partition coefficient (Wildman–Crippen LogP) is 2.90. The quantitative estimate of drug-likeness (QED) is 0.869. The van der Waals surface area contributed by atoms with Gasteiger partial charge in [-0.3, -0.25) is 4.79 Å². The minimum atomic E-state index is -4.59. The number of para-hydroxylation sites is 1. The van der Waals surface area contributed by atoms with Crippen LogP contribution in [-0.2, 0) is 10.9 Å². The van der Waals surface area contributed by atoms with Gasteiger partial charge >= 0.3 is 6.18 Å². The lowest BCUT2D eigenvalue weighted by Gasteiger charge is -2.23. The molecular formula is C17H18F3N3O3. The SMILES string of the molecule is CC1(CNC(=O)c2nn(-c3ccccc3C(F)(F)F)cc2O)CCCO1. The van der Waals surface area contributed by atoms with Gasteiger partial charge in [0.05, 0.1) is 23.0 Å². The Morgan fingerprint density at radius 1 is 1.42 bits per heavy atom. The van der Waals surface area contributed by atoms with E-state index in [-0.39, 0.29) is 17.9 Å². The van der Waals surface area contributed by atoms with E-state index < -0.39 is 29.0 Å². The van der Waals surface area contributed by atoms with Gasteiger partial charge < -0.3 is 15.2 Å². The van der Waals surface area contributed by atoms with Gasteiger partial charge in [0.1, 0.15) is 0 Å². The van der Waals surface area contributed by atoms with E-state index in [0.717, 1.165) is 29.8 Å². The van der Waals surface area contributed by atoms with Crippen molar-refractivity contribution < 1.29 is 27.8 Å². The molecule has 1 aromatic heterocycles. The topological polar surface area (TPSA) is 76.4 Å². The second kappa shape index (κ2) is 6.64. The lowest BCUT2D eigenvalue weighted by atomic mass is 10.0. The zero-order valence-corrected chi connectivity index (χ0v) is 14.0. The Morgan fingerprint density at radius 2 is 2.15 bits per heavy atom. The molecule has 0 bridgehead atoms. The van der Waals surface area contributed by atoms with Gasteiger partial charge in [-0.25, -0.2) is 4.68 Å². The van der Waals surface area contributed by atoms with Crippen LogP contribution in [0.4, 0.5) is 13.2 Å². The smallest absolute Gasteiger partial charge is 0.418 e. The Kier molecular flexibility index (Phi) is 4.66. The van der Waals surface area contributed by atoms with E-state index in [1.165, 1.54) is 18.2 Å². The number of nitrogens with one attached hydrogen (secondary N) is 1. The summed E-state index contributed by atoms with van der Waals surface area (Å²) in [6.45, 7) is 2.69. The summed E-state index contributed by atoms with van der Waals surface area (Å²) in [5, 5.41) is 16.4. The van der Waals surface area contributed by atoms with E-state index in [1.807, 2.05) is 6.92 Å². The van der Waals surface area contributed by atoms with Crippen molar-refractivity contribution in [2.75, 3.05) is 13.2 Å². The van der Waals surface area contributed by atoms with Crippen molar-refractivity contribution in [1.29, 1.82) is 0 Å². The van der Waals surface area contributed by atoms with Crippen molar-refractivity contribution in [2.45, 2.75) is 31.5 Å². The summed E-state index contributed by atoms with van der Waals surface area (Å²) < 4.78 is 45.8. The summed E-state index contributed by atoms with van der Waals surface area (Å²) in [4.78, 5) is 12.3. The second-order valence-electron chi connectivity index (χ2n) is 6.41. The maximum atomic E-state index is 13.1. The van der Waals surface area contributed by atoms with E-state index in [1.54, 1.807) is 0 Å².